The zero-order valence-corrected chi connectivity index (χ0v) is 19.5. The molecule has 6 aromatic rings. The molecule has 0 aromatic heterocycles. The maximum absolute atomic E-state index is 2.34. The lowest BCUT2D eigenvalue weighted by atomic mass is 9.75. The second kappa shape index (κ2) is 8.25. The van der Waals surface area contributed by atoms with Gasteiger partial charge in [-0.1, -0.05) is 140 Å². The molecule has 0 heteroatoms. The van der Waals surface area contributed by atoms with E-state index in [1.165, 1.54) is 49.4 Å². The van der Waals surface area contributed by atoms with Crippen molar-refractivity contribution in [1.29, 1.82) is 0 Å². The molecule has 0 unspecified atom stereocenters. The van der Waals surface area contributed by atoms with E-state index >= 15 is 0 Å². The molecule has 1 aliphatic carbocycles. The zero-order valence-electron chi connectivity index (χ0n) is 19.5. The Balaban J connectivity index is 1.67. The van der Waals surface area contributed by atoms with Crippen LogP contribution in [0.4, 0.5) is 0 Å². The predicted molar refractivity (Wildman–Crippen MR) is 147 cm³/mol. The minimum absolute atomic E-state index is 0.272. The van der Waals surface area contributed by atoms with E-state index in [1.807, 2.05) is 0 Å². The highest BCUT2D eigenvalue weighted by atomic mass is 14.5. The predicted octanol–water partition coefficient (Wildman–Crippen LogP) is 9.05. The Morgan fingerprint density at radius 2 is 0.600 bits per heavy atom. The Kier molecular flexibility index (Phi) is 4.77. The maximum atomic E-state index is 2.34. The van der Waals surface area contributed by atoms with Crippen molar-refractivity contribution in [3.8, 4) is 0 Å². The van der Waals surface area contributed by atoms with Crippen molar-refractivity contribution < 1.29 is 0 Å². The van der Waals surface area contributed by atoms with Gasteiger partial charge in [-0.2, -0.15) is 0 Å². The third kappa shape index (κ3) is 3.14. The van der Waals surface area contributed by atoms with Crippen LogP contribution in [0.1, 0.15) is 45.6 Å². The Morgan fingerprint density at radius 1 is 0.286 bits per heavy atom. The van der Waals surface area contributed by atoms with Gasteiger partial charge in [0.15, 0.2) is 0 Å². The first-order valence-electron chi connectivity index (χ1n) is 12.5. The van der Waals surface area contributed by atoms with Crippen LogP contribution in [0, 0.1) is 0 Å². The van der Waals surface area contributed by atoms with Gasteiger partial charge in [-0.15, -0.1) is 0 Å². The van der Waals surface area contributed by atoms with E-state index < -0.39 is 0 Å². The Hall–Kier alpha value is -4.16. The van der Waals surface area contributed by atoms with Crippen molar-refractivity contribution in [2.24, 2.45) is 0 Å². The summed E-state index contributed by atoms with van der Waals surface area (Å²) >= 11 is 0. The summed E-state index contributed by atoms with van der Waals surface area (Å²) < 4.78 is 0. The fraction of sp³-hybridized carbons (Fsp3) is 0.0857. The molecule has 35 heavy (non-hydrogen) atoms. The Labute approximate surface area is 206 Å². The molecule has 2 atom stereocenters. The van der Waals surface area contributed by atoms with Gasteiger partial charge in [-0.25, -0.2) is 0 Å². The molecule has 0 N–H and O–H groups in total. The second-order valence-electron chi connectivity index (χ2n) is 9.63. The topological polar surface area (TPSA) is 0 Å². The first kappa shape index (κ1) is 20.2. The van der Waals surface area contributed by atoms with E-state index in [0.29, 0.717) is 5.92 Å². The molecular formula is C35H26. The monoisotopic (exact) mass is 446 g/mol. The molecule has 0 heterocycles. The highest BCUT2D eigenvalue weighted by Crippen LogP contribution is 2.60. The van der Waals surface area contributed by atoms with Gasteiger partial charge >= 0.3 is 0 Å². The molecule has 0 spiro atoms. The van der Waals surface area contributed by atoms with Crippen LogP contribution < -0.4 is 0 Å². The molecular weight excluding hydrogens is 420 g/mol. The van der Waals surface area contributed by atoms with Crippen LogP contribution in [-0.4, -0.2) is 0 Å². The molecule has 0 amide bonds. The number of fused-ring (bicyclic) bond motifs is 6. The fourth-order valence-electron chi connectivity index (χ4n) is 6.55. The van der Waals surface area contributed by atoms with Crippen molar-refractivity contribution in [2.75, 3.05) is 0 Å². The summed E-state index contributed by atoms with van der Waals surface area (Å²) in [4.78, 5) is 0. The van der Waals surface area contributed by atoms with E-state index in [2.05, 4.69) is 140 Å². The van der Waals surface area contributed by atoms with Crippen molar-refractivity contribution in [3.05, 3.63) is 167 Å². The molecule has 1 aliphatic rings. The molecule has 0 nitrogen and oxygen atoms in total. The zero-order chi connectivity index (χ0) is 23.2. The summed E-state index contributed by atoms with van der Waals surface area (Å²) in [5, 5.41) is 5.47. The molecule has 0 radical (unpaired) electrons. The molecule has 7 rings (SSSR count). The largest absolute Gasteiger partial charge is 0.0622 e. The standard InChI is InChI=1S/C35H26/c1-4-14-24(15-5-1)31-32(25-16-6-2-7-17-25)34-29-22-12-10-20-27(29)28-21-11-13-23-30(28)35(34)33(31)26-18-8-3-9-19-26/h1-23,31-33H/t32-,33-/m0/s1. The molecule has 0 saturated heterocycles. The highest BCUT2D eigenvalue weighted by Gasteiger charge is 2.45. The summed E-state index contributed by atoms with van der Waals surface area (Å²) in [6.45, 7) is 0. The summed E-state index contributed by atoms with van der Waals surface area (Å²) in [7, 11) is 0. The van der Waals surface area contributed by atoms with E-state index in [4.69, 9.17) is 0 Å². The molecule has 0 bridgehead atoms. The van der Waals surface area contributed by atoms with E-state index in [1.54, 1.807) is 0 Å². The number of hydrogen-bond acceptors (Lipinski definition) is 0. The van der Waals surface area contributed by atoms with Gasteiger partial charge in [-0.05, 0) is 49.4 Å². The summed E-state index contributed by atoms with van der Waals surface area (Å²) in [6.07, 6.45) is 0. The van der Waals surface area contributed by atoms with Gasteiger partial charge in [0.1, 0.15) is 0 Å². The van der Waals surface area contributed by atoms with Crippen LogP contribution in [0.25, 0.3) is 21.5 Å². The van der Waals surface area contributed by atoms with Crippen LogP contribution >= 0.6 is 0 Å². The Bertz CT molecular complexity index is 1530. The smallest absolute Gasteiger partial charge is 0.0176 e. The minimum atomic E-state index is 0.272. The first-order chi connectivity index (χ1) is 17.4. The normalized spacial score (nSPS) is 17.6. The van der Waals surface area contributed by atoms with Gasteiger partial charge in [0, 0.05) is 17.8 Å². The molecule has 166 valence electrons. The summed E-state index contributed by atoms with van der Waals surface area (Å²) in [5.74, 6) is 0.854. The lowest BCUT2D eigenvalue weighted by molar-refractivity contribution is 0.598. The number of hydrogen-bond donors (Lipinski definition) is 0. The SMILES string of the molecule is c1ccc(C2[C@H](c3ccccc3)c3c(c4ccccc4c4ccccc34)[C@H]2c2ccccc2)cc1. The number of benzene rings is 6. The third-order valence-corrected chi connectivity index (χ3v) is 7.86. The third-order valence-electron chi connectivity index (χ3n) is 7.86. The fourth-order valence-corrected chi connectivity index (χ4v) is 6.55. The lowest BCUT2D eigenvalue weighted by Crippen LogP contribution is -2.13. The summed E-state index contributed by atoms with van der Waals surface area (Å²) in [6, 6.07) is 51.5. The number of rotatable bonds is 3. The first-order valence-corrected chi connectivity index (χ1v) is 12.5. The molecule has 0 fully saturated rings. The lowest BCUT2D eigenvalue weighted by Gasteiger charge is -2.27. The van der Waals surface area contributed by atoms with Crippen molar-refractivity contribution >= 4 is 21.5 Å². The van der Waals surface area contributed by atoms with Gasteiger partial charge in [0.25, 0.3) is 0 Å². The van der Waals surface area contributed by atoms with Crippen molar-refractivity contribution in [2.45, 2.75) is 17.8 Å². The van der Waals surface area contributed by atoms with E-state index in [0.717, 1.165) is 0 Å². The van der Waals surface area contributed by atoms with Crippen LogP contribution in [0.3, 0.4) is 0 Å². The van der Waals surface area contributed by atoms with Gasteiger partial charge in [-0.3, -0.25) is 0 Å². The van der Waals surface area contributed by atoms with Crippen LogP contribution in [0.2, 0.25) is 0 Å². The maximum Gasteiger partial charge on any atom is 0.0176 e. The van der Waals surface area contributed by atoms with E-state index in [-0.39, 0.29) is 11.8 Å². The van der Waals surface area contributed by atoms with Crippen LogP contribution in [-0.2, 0) is 0 Å². The summed E-state index contributed by atoms with van der Waals surface area (Å²) in [5.41, 5.74) is 7.17. The van der Waals surface area contributed by atoms with Crippen LogP contribution in [0.15, 0.2) is 140 Å². The molecule has 0 aliphatic heterocycles. The second-order valence-corrected chi connectivity index (χ2v) is 9.63. The molecule has 6 aromatic carbocycles. The highest BCUT2D eigenvalue weighted by molar-refractivity contribution is 6.12. The van der Waals surface area contributed by atoms with Gasteiger partial charge < -0.3 is 0 Å². The molecule has 0 saturated carbocycles. The van der Waals surface area contributed by atoms with Crippen molar-refractivity contribution in [1.82, 2.24) is 0 Å². The van der Waals surface area contributed by atoms with E-state index in [9.17, 15) is 0 Å². The quantitative estimate of drug-likeness (QED) is 0.238. The Morgan fingerprint density at radius 3 is 1.00 bits per heavy atom. The minimum Gasteiger partial charge on any atom is -0.0622 e. The van der Waals surface area contributed by atoms with Gasteiger partial charge in [0.2, 0.25) is 0 Å². The van der Waals surface area contributed by atoms with Crippen molar-refractivity contribution in [3.63, 3.8) is 0 Å². The van der Waals surface area contributed by atoms with Crippen LogP contribution in [0.5, 0.6) is 0 Å². The average molecular weight is 447 g/mol. The van der Waals surface area contributed by atoms with Gasteiger partial charge in [0.05, 0.1) is 0 Å². The average Bonchev–Trinajstić information content (AvgIpc) is 3.31.